The quantitative estimate of drug-likeness (QED) is 0.617. The number of anilines is 3. The van der Waals surface area contributed by atoms with Gasteiger partial charge in [0.2, 0.25) is 0 Å². The molecular formula is C22H26F2N6O2. The second kappa shape index (κ2) is 9.77. The van der Waals surface area contributed by atoms with Crippen molar-refractivity contribution in [1.82, 2.24) is 15.3 Å². The van der Waals surface area contributed by atoms with Crippen molar-refractivity contribution in [2.24, 2.45) is 0 Å². The van der Waals surface area contributed by atoms with Gasteiger partial charge in [0.05, 0.1) is 29.7 Å². The fourth-order valence-corrected chi connectivity index (χ4v) is 3.50. The van der Waals surface area contributed by atoms with Crippen molar-refractivity contribution in [3.8, 4) is 6.07 Å². The van der Waals surface area contributed by atoms with Crippen molar-refractivity contribution in [3.05, 3.63) is 41.7 Å². The fourth-order valence-electron chi connectivity index (χ4n) is 3.50. The maximum atomic E-state index is 14.7. The Morgan fingerprint density at radius 3 is 2.53 bits per heavy atom. The molecule has 0 spiro atoms. The maximum absolute atomic E-state index is 14.7. The lowest BCUT2D eigenvalue weighted by atomic mass is 9.90. The van der Waals surface area contributed by atoms with Gasteiger partial charge < -0.3 is 20.7 Å². The van der Waals surface area contributed by atoms with E-state index in [-0.39, 0.29) is 35.0 Å². The summed E-state index contributed by atoms with van der Waals surface area (Å²) in [6.07, 6.45) is 5.09. The first-order chi connectivity index (χ1) is 15.1. The molecule has 8 nitrogen and oxygen atoms in total. The Hall–Kier alpha value is -3.48. The number of alkyl carbamates (subject to hydrolysis) is 1. The van der Waals surface area contributed by atoms with Crippen molar-refractivity contribution < 1.29 is 18.3 Å². The summed E-state index contributed by atoms with van der Waals surface area (Å²) in [7, 11) is 0. The Labute approximate surface area is 185 Å². The number of pyridine rings is 2. The number of ether oxygens (including phenoxy) is 1. The number of amides is 1. The van der Waals surface area contributed by atoms with E-state index in [2.05, 4.69) is 25.9 Å². The third kappa shape index (κ3) is 6.26. The zero-order valence-corrected chi connectivity index (χ0v) is 18.2. The summed E-state index contributed by atoms with van der Waals surface area (Å²) in [4.78, 5) is 20.2. The van der Waals surface area contributed by atoms with Gasteiger partial charge in [-0.15, -0.1) is 0 Å². The molecule has 2 atom stereocenters. The van der Waals surface area contributed by atoms with Gasteiger partial charge in [-0.2, -0.15) is 5.26 Å². The number of carbonyl (C=O) groups excluding carboxylic acids is 1. The summed E-state index contributed by atoms with van der Waals surface area (Å²) in [5.74, 6) is -1.27. The maximum Gasteiger partial charge on any atom is 0.407 e. The fraction of sp³-hybridized carbons (Fsp3) is 0.455. The molecule has 2 aromatic heterocycles. The summed E-state index contributed by atoms with van der Waals surface area (Å²) in [5, 5.41) is 18.1. The van der Waals surface area contributed by atoms with Gasteiger partial charge in [-0.05, 0) is 39.7 Å². The number of hydrogen-bond donors (Lipinski definition) is 3. The lowest BCUT2D eigenvalue weighted by Crippen LogP contribution is -2.50. The molecule has 32 heavy (non-hydrogen) atoms. The molecule has 0 bridgehead atoms. The van der Waals surface area contributed by atoms with Crippen LogP contribution in [0.15, 0.2) is 24.5 Å². The van der Waals surface area contributed by atoms with Gasteiger partial charge in [0.1, 0.15) is 17.5 Å². The van der Waals surface area contributed by atoms with E-state index in [0.29, 0.717) is 12.8 Å². The molecule has 0 saturated heterocycles. The van der Waals surface area contributed by atoms with Crippen molar-refractivity contribution in [1.29, 1.82) is 5.26 Å². The van der Waals surface area contributed by atoms with E-state index < -0.39 is 23.3 Å². The van der Waals surface area contributed by atoms with Crippen molar-refractivity contribution in [2.45, 2.75) is 64.1 Å². The Kier molecular flexibility index (Phi) is 7.08. The van der Waals surface area contributed by atoms with Gasteiger partial charge >= 0.3 is 6.09 Å². The van der Waals surface area contributed by atoms with Crippen LogP contribution in [0.3, 0.4) is 0 Å². The average Bonchev–Trinajstić information content (AvgIpc) is 2.70. The number of aromatic nitrogens is 2. The molecule has 1 amide bonds. The first-order valence-corrected chi connectivity index (χ1v) is 10.4. The lowest BCUT2D eigenvalue weighted by molar-refractivity contribution is 0.0488. The standard InChI is InChI=1S/C22H26F2N6O2/c1-22(2,3)32-21(31)29-18-7-5-4-6-17(18)28-20-16(24)8-13(10-25)19(30-20)27-15-9-14(23)11-26-12-15/h8-9,11-12,17-18H,4-7H2,1-3H3,(H,29,31)(H2,27,28,30)/t17-,18+/m1/s1. The Balaban J connectivity index is 1.80. The lowest BCUT2D eigenvalue weighted by Gasteiger charge is -2.33. The minimum absolute atomic E-state index is 0.0376. The third-order valence-electron chi connectivity index (χ3n) is 4.85. The molecule has 1 saturated carbocycles. The van der Waals surface area contributed by atoms with E-state index in [1.54, 1.807) is 20.8 Å². The zero-order chi connectivity index (χ0) is 23.3. The van der Waals surface area contributed by atoms with E-state index in [0.717, 1.165) is 25.1 Å². The normalized spacial score (nSPS) is 18.4. The molecule has 0 aliphatic heterocycles. The van der Waals surface area contributed by atoms with Crippen molar-refractivity contribution >= 4 is 23.4 Å². The molecule has 0 radical (unpaired) electrons. The van der Waals surface area contributed by atoms with E-state index in [9.17, 15) is 18.8 Å². The molecule has 2 heterocycles. The molecule has 10 heteroatoms. The number of rotatable bonds is 5. The predicted octanol–water partition coefficient (Wildman–Crippen LogP) is 4.62. The molecule has 1 fully saturated rings. The van der Waals surface area contributed by atoms with E-state index in [1.807, 2.05) is 6.07 Å². The minimum Gasteiger partial charge on any atom is -0.444 e. The second-order valence-corrected chi connectivity index (χ2v) is 8.63. The van der Waals surface area contributed by atoms with Crippen LogP contribution in [0.1, 0.15) is 52.0 Å². The van der Waals surface area contributed by atoms with Gasteiger partial charge in [-0.1, -0.05) is 12.8 Å². The van der Waals surface area contributed by atoms with Crippen molar-refractivity contribution in [3.63, 3.8) is 0 Å². The van der Waals surface area contributed by atoms with Crippen LogP contribution in [0.25, 0.3) is 0 Å². The highest BCUT2D eigenvalue weighted by Crippen LogP contribution is 2.27. The van der Waals surface area contributed by atoms with Crippen molar-refractivity contribution in [2.75, 3.05) is 10.6 Å². The Morgan fingerprint density at radius 2 is 1.88 bits per heavy atom. The molecule has 1 aliphatic carbocycles. The number of hydrogen-bond acceptors (Lipinski definition) is 7. The molecule has 3 rings (SSSR count). The zero-order valence-electron chi connectivity index (χ0n) is 18.2. The van der Waals surface area contributed by atoms with E-state index in [4.69, 9.17) is 4.74 Å². The summed E-state index contributed by atoms with van der Waals surface area (Å²) in [6, 6.07) is 3.57. The first-order valence-electron chi connectivity index (χ1n) is 10.4. The van der Waals surface area contributed by atoms with Gasteiger partial charge in [0.25, 0.3) is 0 Å². The molecule has 2 aromatic rings. The SMILES string of the molecule is CC(C)(C)OC(=O)N[C@H]1CCCC[C@H]1Nc1nc(Nc2cncc(F)c2)c(C#N)cc1F. The Bertz CT molecular complexity index is 1020. The average molecular weight is 444 g/mol. The molecule has 170 valence electrons. The van der Waals surface area contributed by atoms with Crippen LogP contribution < -0.4 is 16.0 Å². The Morgan fingerprint density at radius 1 is 1.16 bits per heavy atom. The summed E-state index contributed by atoms with van der Waals surface area (Å²) in [6.45, 7) is 5.34. The largest absolute Gasteiger partial charge is 0.444 e. The molecular weight excluding hydrogens is 418 g/mol. The summed E-state index contributed by atoms with van der Waals surface area (Å²) >= 11 is 0. The monoisotopic (exact) mass is 444 g/mol. The van der Waals surface area contributed by atoms with Crippen LogP contribution in [0, 0.1) is 23.0 Å². The van der Waals surface area contributed by atoms with Crippen LogP contribution in [0.4, 0.5) is 30.9 Å². The van der Waals surface area contributed by atoms with E-state index in [1.165, 1.54) is 12.3 Å². The first kappa shape index (κ1) is 23.2. The molecule has 0 aromatic carbocycles. The molecule has 0 unspecified atom stereocenters. The number of nitriles is 1. The summed E-state index contributed by atoms with van der Waals surface area (Å²) in [5.41, 5.74) is -0.396. The number of nitrogens with zero attached hydrogens (tertiary/aromatic N) is 3. The van der Waals surface area contributed by atoms with Gasteiger partial charge in [0, 0.05) is 12.1 Å². The van der Waals surface area contributed by atoms with Crippen LogP contribution in [-0.4, -0.2) is 33.7 Å². The third-order valence-corrected chi connectivity index (χ3v) is 4.85. The highest BCUT2D eigenvalue weighted by Gasteiger charge is 2.29. The smallest absolute Gasteiger partial charge is 0.407 e. The van der Waals surface area contributed by atoms with Gasteiger partial charge in [-0.3, -0.25) is 4.98 Å². The highest BCUT2D eigenvalue weighted by molar-refractivity contribution is 5.68. The van der Waals surface area contributed by atoms with Gasteiger partial charge in [0.15, 0.2) is 17.5 Å². The van der Waals surface area contributed by atoms with Crippen LogP contribution in [-0.2, 0) is 4.74 Å². The molecule has 1 aliphatic rings. The molecule has 3 N–H and O–H groups in total. The number of halogens is 2. The van der Waals surface area contributed by atoms with Crippen LogP contribution >= 0.6 is 0 Å². The van der Waals surface area contributed by atoms with E-state index >= 15 is 0 Å². The topological polar surface area (TPSA) is 112 Å². The highest BCUT2D eigenvalue weighted by atomic mass is 19.1. The minimum atomic E-state index is -0.703. The second-order valence-electron chi connectivity index (χ2n) is 8.63. The summed E-state index contributed by atoms with van der Waals surface area (Å²) < 4.78 is 33.5. The number of nitrogens with one attached hydrogen (secondary N) is 3. The predicted molar refractivity (Wildman–Crippen MR) is 115 cm³/mol. The number of carbonyl (C=O) groups is 1. The van der Waals surface area contributed by atoms with Crippen LogP contribution in [0.2, 0.25) is 0 Å². The van der Waals surface area contributed by atoms with Gasteiger partial charge in [-0.25, -0.2) is 18.6 Å². The van der Waals surface area contributed by atoms with Crippen LogP contribution in [0.5, 0.6) is 0 Å².